The van der Waals surface area contributed by atoms with Crippen LogP contribution in [0.25, 0.3) is 0 Å². The van der Waals surface area contributed by atoms with Gasteiger partial charge in [-0.3, -0.25) is 9.59 Å². The normalized spacial score (nSPS) is 14.2. The van der Waals surface area contributed by atoms with Crippen LogP contribution in [0.3, 0.4) is 0 Å². The first-order chi connectivity index (χ1) is 7.93. The van der Waals surface area contributed by atoms with Gasteiger partial charge in [-0.25, -0.2) is 13.1 Å². The summed E-state index contributed by atoms with van der Waals surface area (Å²) >= 11 is 0. The van der Waals surface area contributed by atoms with E-state index in [2.05, 4.69) is 0 Å². The SMILES string of the molecule is CC(C)(C)CCS(=O)(=O)N[C@@H](CC(N)=O)C(=O)O. The number of carboxylic acids is 1. The molecule has 0 unspecified atom stereocenters. The monoisotopic (exact) mass is 280 g/mol. The Morgan fingerprint density at radius 3 is 2.17 bits per heavy atom. The molecule has 7 nitrogen and oxygen atoms in total. The molecule has 0 aliphatic carbocycles. The van der Waals surface area contributed by atoms with Gasteiger partial charge in [-0.2, -0.15) is 0 Å². The van der Waals surface area contributed by atoms with Crippen molar-refractivity contribution in [1.29, 1.82) is 0 Å². The molecule has 0 aromatic rings. The van der Waals surface area contributed by atoms with Crippen molar-refractivity contribution in [3.8, 4) is 0 Å². The van der Waals surface area contributed by atoms with Crippen molar-refractivity contribution in [2.45, 2.75) is 39.7 Å². The lowest BCUT2D eigenvalue weighted by molar-refractivity contribution is -0.140. The number of nitrogens with two attached hydrogens (primary N) is 1. The molecular formula is C10H20N2O5S. The fourth-order valence-corrected chi connectivity index (χ4v) is 2.71. The molecule has 1 amide bonds. The molecule has 18 heavy (non-hydrogen) atoms. The Hall–Kier alpha value is -1.15. The van der Waals surface area contributed by atoms with Gasteiger partial charge in [-0.05, 0) is 11.8 Å². The zero-order valence-corrected chi connectivity index (χ0v) is 11.6. The number of rotatable bonds is 7. The van der Waals surface area contributed by atoms with Gasteiger partial charge in [0.2, 0.25) is 15.9 Å². The van der Waals surface area contributed by atoms with Gasteiger partial charge in [0, 0.05) is 0 Å². The van der Waals surface area contributed by atoms with E-state index in [9.17, 15) is 18.0 Å². The highest BCUT2D eigenvalue weighted by Gasteiger charge is 2.26. The lowest BCUT2D eigenvalue weighted by Crippen LogP contribution is -2.44. The maximum atomic E-state index is 11.6. The summed E-state index contributed by atoms with van der Waals surface area (Å²) < 4.78 is 25.3. The number of hydrogen-bond acceptors (Lipinski definition) is 4. The molecule has 0 heterocycles. The molecule has 0 saturated carbocycles. The summed E-state index contributed by atoms with van der Waals surface area (Å²) in [4.78, 5) is 21.4. The predicted molar refractivity (Wildman–Crippen MR) is 66.2 cm³/mol. The summed E-state index contributed by atoms with van der Waals surface area (Å²) in [5.41, 5.74) is 4.67. The summed E-state index contributed by atoms with van der Waals surface area (Å²) in [6.45, 7) is 5.63. The average Bonchev–Trinajstić information content (AvgIpc) is 2.11. The second kappa shape index (κ2) is 6.14. The molecule has 0 radical (unpaired) electrons. The van der Waals surface area contributed by atoms with Crippen molar-refractivity contribution in [2.24, 2.45) is 11.1 Å². The Balaban J connectivity index is 4.62. The number of hydrogen-bond donors (Lipinski definition) is 3. The maximum Gasteiger partial charge on any atom is 0.322 e. The number of amides is 1. The molecule has 0 aromatic carbocycles. The van der Waals surface area contributed by atoms with Gasteiger partial charge < -0.3 is 10.8 Å². The molecule has 0 aliphatic rings. The maximum absolute atomic E-state index is 11.6. The standard InChI is InChI=1S/C10H20N2O5S/c1-10(2,3)4-5-18(16,17)12-7(9(14)15)6-8(11)13/h7,12H,4-6H2,1-3H3,(H2,11,13)(H,14,15)/t7-/m0/s1. The molecular weight excluding hydrogens is 260 g/mol. The van der Waals surface area contributed by atoms with Gasteiger partial charge in [-0.15, -0.1) is 0 Å². The van der Waals surface area contributed by atoms with Crippen molar-refractivity contribution in [2.75, 3.05) is 5.75 Å². The van der Waals surface area contributed by atoms with Crippen molar-refractivity contribution in [3.63, 3.8) is 0 Å². The fourth-order valence-electron chi connectivity index (χ4n) is 1.10. The highest BCUT2D eigenvalue weighted by Crippen LogP contribution is 2.19. The van der Waals surface area contributed by atoms with Crippen molar-refractivity contribution >= 4 is 21.9 Å². The summed E-state index contributed by atoms with van der Waals surface area (Å²) in [5, 5.41) is 8.78. The Kier molecular flexibility index (Phi) is 5.75. The highest BCUT2D eigenvalue weighted by atomic mass is 32.2. The van der Waals surface area contributed by atoms with Gasteiger partial charge in [0.25, 0.3) is 0 Å². The van der Waals surface area contributed by atoms with Crippen LogP contribution in [0.15, 0.2) is 0 Å². The topological polar surface area (TPSA) is 127 Å². The molecule has 0 fully saturated rings. The van der Waals surface area contributed by atoms with Gasteiger partial charge >= 0.3 is 5.97 Å². The summed E-state index contributed by atoms with van der Waals surface area (Å²) in [7, 11) is -3.74. The third-order valence-corrected chi connectivity index (χ3v) is 3.53. The zero-order chi connectivity index (χ0) is 14.6. The van der Waals surface area contributed by atoms with E-state index in [1.54, 1.807) is 0 Å². The number of primary amides is 1. The highest BCUT2D eigenvalue weighted by molar-refractivity contribution is 7.89. The first-order valence-electron chi connectivity index (χ1n) is 5.44. The van der Waals surface area contributed by atoms with E-state index < -0.39 is 34.4 Å². The Labute approximate surface area is 107 Å². The van der Waals surface area contributed by atoms with Crippen molar-refractivity contribution < 1.29 is 23.1 Å². The third kappa shape index (κ3) is 8.02. The molecule has 0 spiro atoms. The number of carboxylic acid groups (broad SMARTS) is 1. The van der Waals surface area contributed by atoms with Crippen LogP contribution < -0.4 is 10.5 Å². The van der Waals surface area contributed by atoms with E-state index in [0.717, 1.165) is 0 Å². The number of aliphatic carboxylic acids is 1. The Morgan fingerprint density at radius 1 is 1.33 bits per heavy atom. The second-order valence-electron chi connectivity index (χ2n) is 5.31. The van der Waals surface area contributed by atoms with Crippen LogP contribution in [0.1, 0.15) is 33.6 Å². The molecule has 4 N–H and O–H groups in total. The summed E-state index contributed by atoms with van der Waals surface area (Å²) in [5.74, 6) is -2.49. The van der Waals surface area contributed by atoms with E-state index >= 15 is 0 Å². The lowest BCUT2D eigenvalue weighted by atomic mass is 9.94. The first-order valence-corrected chi connectivity index (χ1v) is 7.09. The number of nitrogens with one attached hydrogen (secondary N) is 1. The Morgan fingerprint density at radius 2 is 1.83 bits per heavy atom. The molecule has 8 heteroatoms. The fraction of sp³-hybridized carbons (Fsp3) is 0.800. The lowest BCUT2D eigenvalue weighted by Gasteiger charge is -2.19. The quantitative estimate of drug-likeness (QED) is 0.588. The van der Waals surface area contributed by atoms with Gasteiger partial charge in [0.1, 0.15) is 6.04 Å². The summed E-state index contributed by atoms with van der Waals surface area (Å²) in [6, 6.07) is -1.51. The molecule has 1 atom stereocenters. The van der Waals surface area contributed by atoms with Crippen LogP contribution in [0.5, 0.6) is 0 Å². The molecule has 0 aromatic heterocycles. The summed E-state index contributed by atoms with van der Waals surface area (Å²) in [6.07, 6.45) is -0.185. The smallest absolute Gasteiger partial charge is 0.322 e. The molecule has 0 aliphatic heterocycles. The van der Waals surface area contributed by atoms with Crippen LogP contribution in [0.2, 0.25) is 0 Å². The van der Waals surface area contributed by atoms with Crippen molar-refractivity contribution in [1.82, 2.24) is 4.72 Å². The Bertz CT molecular complexity index is 410. The third-order valence-electron chi connectivity index (χ3n) is 2.15. The number of sulfonamides is 1. The molecule has 0 saturated heterocycles. The minimum atomic E-state index is -3.74. The largest absolute Gasteiger partial charge is 0.480 e. The number of carbonyl (C=O) groups is 2. The van der Waals surface area contributed by atoms with Crippen LogP contribution in [0.4, 0.5) is 0 Å². The van der Waals surface area contributed by atoms with E-state index in [4.69, 9.17) is 10.8 Å². The molecule has 0 bridgehead atoms. The van der Waals surface area contributed by atoms with Crippen LogP contribution in [-0.2, 0) is 19.6 Å². The van der Waals surface area contributed by atoms with Gasteiger partial charge in [-0.1, -0.05) is 20.8 Å². The predicted octanol–water partition coefficient (Wildman–Crippen LogP) is -0.329. The van der Waals surface area contributed by atoms with E-state index in [1.165, 1.54) is 0 Å². The van der Waals surface area contributed by atoms with E-state index in [1.807, 2.05) is 25.5 Å². The minimum absolute atomic E-state index is 0.183. The molecule has 0 rings (SSSR count). The first kappa shape index (κ1) is 16.9. The van der Waals surface area contributed by atoms with Crippen LogP contribution >= 0.6 is 0 Å². The van der Waals surface area contributed by atoms with Gasteiger partial charge in [0.05, 0.1) is 12.2 Å². The van der Waals surface area contributed by atoms with Crippen molar-refractivity contribution in [3.05, 3.63) is 0 Å². The van der Waals surface area contributed by atoms with Crippen LogP contribution in [0, 0.1) is 5.41 Å². The number of carbonyl (C=O) groups excluding carboxylic acids is 1. The van der Waals surface area contributed by atoms with Crippen LogP contribution in [-0.4, -0.2) is 37.2 Å². The zero-order valence-electron chi connectivity index (χ0n) is 10.8. The van der Waals surface area contributed by atoms with E-state index in [0.29, 0.717) is 6.42 Å². The molecule has 106 valence electrons. The minimum Gasteiger partial charge on any atom is -0.480 e. The second-order valence-corrected chi connectivity index (χ2v) is 7.18. The van der Waals surface area contributed by atoms with E-state index in [-0.39, 0.29) is 11.2 Å². The average molecular weight is 280 g/mol. The van der Waals surface area contributed by atoms with Gasteiger partial charge in [0.15, 0.2) is 0 Å².